The van der Waals surface area contributed by atoms with Gasteiger partial charge in [-0.25, -0.2) is 0 Å². The first-order valence-corrected chi connectivity index (χ1v) is 21.4. The molecule has 2 amide bonds. The van der Waals surface area contributed by atoms with E-state index in [1.807, 2.05) is 39.8 Å². The van der Waals surface area contributed by atoms with Gasteiger partial charge in [-0.1, -0.05) is 83.9 Å². The highest BCUT2D eigenvalue weighted by Gasteiger charge is 2.41. The summed E-state index contributed by atoms with van der Waals surface area (Å²) in [6.07, 6.45) is 6.61. The van der Waals surface area contributed by atoms with Gasteiger partial charge in [0.05, 0.1) is 25.4 Å². The zero-order valence-corrected chi connectivity index (χ0v) is 37.4. The summed E-state index contributed by atoms with van der Waals surface area (Å²) in [5.41, 5.74) is 3.05. The van der Waals surface area contributed by atoms with Gasteiger partial charge in [-0.15, -0.1) is 0 Å². The maximum absolute atomic E-state index is 14.4. The van der Waals surface area contributed by atoms with Gasteiger partial charge in [0.2, 0.25) is 12.3 Å². The molecule has 13 heteroatoms. The average Bonchev–Trinajstić information content (AvgIpc) is 3.15. The lowest BCUT2D eigenvalue weighted by Crippen LogP contribution is -2.53. The van der Waals surface area contributed by atoms with Gasteiger partial charge in [-0.2, -0.15) is 0 Å². The summed E-state index contributed by atoms with van der Waals surface area (Å²) in [7, 11) is 0. The quantitative estimate of drug-likeness (QED) is 0.0237. The summed E-state index contributed by atoms with van der Waals surface area (Å²) in [6.45, 7) is 19.8. The van der Waals surface area contributed by atoms with Gasteiger partial charge < -0.3 is 50.0 Å². The largest absolute Gasteiger partial charge is 0.485 e. The third-order valence-corrected chi connectivity index (χ3v) is 11.3. The molecule has 0 radical (unpaired) electrons. The molecule has 2 aliphatic rings. The minimum absolute atomic E-state index is 0.00245. The number of nitrogens with one attached hydrogen (secondary N) is 1. The topological polar surface area (TPSA) is 195 Å². The minimum atomic E-state index is -1.61. The van der Waals surface area contributed by atoms with Gasteiger partial charge >= 0.3 is 0 Å². The van der Waals surface area contributed by atoms with Crippen LogP contribution in [0, 0.1) is 22.7 Å². The summed E-state index contributed by atoms with van der Waals surface area (Å²) >= 11 is 0. The summed E-state index contributed by atoms with van der Waals surface area (Å²) in [5, 5.41) is 55.3. The molecule has 0 aromatic rings. The molecule has 2 rings (SSSR count). The Morgan fingerprint density at radius 1 is 1.12 bits per heavy atom. The van der Waals surface area contributed by atoms with E-state index in [4.69, 9.17) is 14.2 Å². The van der Waals surface area contributed by atoms with Gasteiger partial charge in [0.15, 0.2) is 12.4 Å². The summed E-state index contributed by atoms with van der Waals surface area (Å²) in [4.78, 5) is 40.3. The Kier molecular flexibility index (Phi) is 22.0. The fourth-order valence-corrected chi connectivity index (χ4v) is 7.96. The summed E-state index contributed by atoms with van der Waals surface area (Å²) < 4.78 is 17.8. The molecule has 59 heavy (non-hydrogen) atoms. The highest BCUT2D eigenvalue weighted by Crippen LogP contribution is 2.41. The number of allylic oxidation sites excluding steroid dienone is 8. The Bertz CT molecular complexity index is 1490. The van der Waals surface area contributed by atoms with E-state index >= 15 is 0 Å². The van der Waals surface area contributed by atoms with Crippen molar-refractivity contribution in [3.63, 3.8) is 0 Å². The van der Waals surface area contributed by atoms with E-state index in [-0.39, 0.29) is 54.9 Å². The molecule has 6 N–H and O–H groups in total. The van der Waals surface area contributed by atoms with Crippen molar-refractivity contribution in [2.24, 2.45) is 22.7 Å². The number of aliphatic hydroxyl groups excluding tert-OH is 5. The smallest absolute Gasteiger partial charge is 0.250 e. The van der Waals surface area contributed by atoms with Crippen molar-refractivity contribution < 1.29 is 54.1 Å². The van der Waals surface area contributed by atoms with Crippen molar-refractivity contribution in [2.75, 3.05) is 32.8 Å². The van der Waals surface area contributed by atoms with Crippen molar-refractivity contribution in [1.82, 2.24) is 10.2 Å². The van der Waals surface area contributed by atoms with Crippen LogP contribution in [-0.4, -0.2) is 124 Å². The van der Waals surface area contributed by atoms with Crippen LogP contribution < -0.4 is 5.32 Å². The van der Waals surface area contributed by atoms with Crippen molar-refractivity contribution in [3.8, 4) is 0 Å². The molecule has 6 unspecified atom stereocenters. The number of carbonyl (C=O) groups excluding carboxylic acids is 3. The van der Waals surface area contributed by atoms with Gasteiger partial charge in [-0.3, -0.25) is 14.4 Å². The van der Waals surface area contributed by atoms with Crippen LogP contribution in [0.15, 0.2) is 58.9 Å². The normalized spacial score (nSPS) is 23.3. The molecule has 336 valence electrons. The second-order valence-corrected chi connectivity index (χ2v) is 18.1. The molecule has 1 aliphatic heterocycles. The van der Waals surface area contributed by atoms with Crippen LogP contribution in [-0.2, 0) is 28.6 Å². The van der Waals surface area contributed by atoms with Gasteiger partial charge in [0.1, 0.15) is 29.9 Å². The molecule has 8 atom stereocenters. The van der Waals surface area contributed by atoms with Crippen LogP contribution in [0.5, 0.6) is 0 Å². The molecule has 1 saturated heterocycles. The van der Waals surface area contributed by atoms with Crippen LogP contribution in [0.1, 0.15) is 114 Å². The van der Waals surface area contributed by atoms with E-state index in [2.05, 4.69) is 46.0 Å². The van der Waals surface area contributed by atoms with E-state index < -0.39 is 60.8 Å². The maximum atomic E-state index is 14.4. The van der Waals surface area contributed by atoms with Gasteiger partial charge in [0, 0.05) is 44.5 Å². The predicted octanol–water partition coefficient (Wildman–Crippen LogP) is 5.06. The van der Waals surface area contributed by atoms with Gasteiger partial charge in [-0.05, 0) is 81.3 Å². The number of ketones is 1. The third kappa shape index (κ3) is 17.0. The van der Waals surface area contributed by atoms with E-state index in [0.29, 0.717) is 32.2 Å². The number of hydrogen-bond donors (Lipinski definition) is 6. The first kappa shape index (κ1) is 52.0. The van der Waals surface area contributed by atoms with Crippen molar-refractivity contribution >= 4 is 18.1 Å². The first-order valence-electron chi connectivity index (χ1n) is 21.4. The van der Waals surface area contributed by atoms with E-state index in [1.165, 1.54) is 24.1 Å². The SMILES string of the molecule is CCC(=O)C(CC(C)C)C(C)(C)CN(CCCNC=O)C(=O)\C=C(/C=C/C=C(C)\C=C\C1=C(C)CCCC1(C)C)OC(C(C)O)C(O[C@@H]1OC[C@H](O)CC1O)C(O)CO. The predicted molar refractivity (Wildman–Crippen MR) is 229 cm³/mol. The Balaban J connectivity index is 2.66. The number of carbonyl (C=O) groups is 3. The van der Waals surface area contributed by atoms with Gasteiger partial charge in [0.25, 0.3) is 0 Å². The van der Waals surface area contributed by atoms with Crippen molar-refractivity contribution in [1.29, 1.82) is 0 Å². The monoisotopic (exact) mass is 833 g/mol. The van der Waals surface area contributed by atoms with Crippen LogP contribution in [0.2, 0.25) is 0 Å². The number of hydrogen-bond acceptors (Lipinski definition) is 11. The molecule has 0 spiro atoms. The molecule has 0 aromatic carbocycles. The molecule has 13 nitrogen and oxygen atoms in total. The second-order valence-electron chi connectivity index (χ2n) is 18.1. The number of ether oxygens (including phenoxy) is 3. The molecule has 0 bridgehead atoms. The van der Waals surface area contributed by atoms with E-state index in [1.54, 1.807) is 17.1 Å². The highest BCUT2D eigenvalue weighted by atomic mass is 16.7. The van der Waals surface area contributed by atoms with Crippen LogP contribution in [0.3, 0.4) is 0 Å². The number of aliphatic hydroxyl groups is 5. The Morgan fingerprint density at radius 2 is 1.81 bits per heavy atom. The molecule has 1 fully saturated rings. The standard InChI is InChI=1S/C46H76N2O11/c1-11-38(53)37(23-30(2)3)46(9,10)28-48(22-14-21-47-29-50)41(56)25-35(17-12-15-31(4)18-19-36-32(5)16-13-20-45(36,7)8)58-42(33(6)51)43(40(55)26-49)59-44-39(54)24-34(52)27-57-44/h12,15,17-19,25,29-30,33-34,37,39-40,42-44,49,51-52,54-55H,11,13-14,16,20-24,26-28H2,1-10H3,(H,47,50)/b17-12+,19-18+,31-15-,35-25+/t33?,34-,37?,39?,40?,42?,43?,44+/m1/s1. The number of Topliss-reactive ketones (excluding diaryl/α,β-unsaturated/α-hetero) is 1. The second kappa shape index (κ2) is 24.9. The number of amides is 2. The molecule has 0 saturated carbocycles. The third-order valence-electron chi connectivity index (χ3n) is 11.3. The summed E-state index contributed by atoms with van der Waals surface area (Å²) in [6, 6.07) is 0. The molecular weight excluding hydrogens is 757 g/mol. The van der Waals surface area contributed by atoms with E-state index in [0.717, 1.165) is 24.8 Å². The van der Waals surface area contributed by atoms with Crippen molar-refractivity contribution in [2.45, 2.75) is 157 Å². The minimum Gasteiger partial charge on any atom is -0.485 e. The molecule has 1 aliphatic carbocycles. The van der Waals surface area contributed by atoms with Crippen LogP contribution in [0.25, 0.3) is 0 Å². The maximum Gasteiger partial charge on any atom is 0.250 e. The van der Waals surface area contributed by atoms with Crippen LogP contribution in [0.4, 0.5) is 0 Å². The Hall–Kier alpha value is -3.17. The number of rotatable bonds is 25. The number of nitrogens with zero attached hydrogens (tertiary/aromatic N) is 1. The lowest BCUT2D eigenvalue weighted by atomic mass is 9.71. The zero-order chi connectivity index (χ0) is 44.5. The highest BCUT2D eigenvalue weighted by molar-refractivity contribution is 5.88. The van der Waals surface area contributed by atoms with Crippen LogP contribution >= 0.6 is 0 Å². The first-order chi connectivity index (χ1) is 27.7. The van der Waals surface area contributed by atoms with Crippen molar-refractivity contribution in [3.05, 3.63) is 58.9 Å². The zero-order valence-electron chi connectivity index (χ0n) is 37.4. The Labute approximate surface area is 353 Å². The lowest BCUT2D eigenvalue weighted by molar-refractivity contribution is -0.282. The Morgan fingerprint density at radius 3 is 2.39 bits per heavy atom. The average molecular weight is 833 g/mol. The molecule has 0 aromatic heterocycles. The fourth-order valence-electron chi connectivity index (χ4n) is 7.96. The molecule has 1 heterocycles. The summed E-state index contributed by atoms with van der Waals surface area (Å²) in [5.74, 6) is -0.410. The van der Waals surface area contributed by atoms with E-state index in [9.17, 15) is 39.9 Å². The molecular formula is C46H76N2O11. The fraction of sp³-hybridized carbons (Fsp3) is 0.717. The lowest BCUT2D eigenvalue weighted by Gasteiger charge is -2.39.